The molecule has 0 aromatic heterocycles. The lowest BCUT2D eigenvalue weighted by Gasteiger charge is -2.20. The molecule has 0 saturated heterocycles. The number of aliphatic hydroxyl groups excluding tert-OH is 2. The molecule has 0 unspecified atom stereocenters. The average Bonchev–Trinajstić information content (AvgIpc) is 2.48. The Bertz CT molecular complexity index is 272. The smallest absolute Gasteiger partial charge is 0.221 e. The van der Waals surface area contributed by atoms with Crippen LogP contribution in [0.1, 0.15) is 71.1 Å². The fourth-order valence-corrected chi connectivity index (χ4v) is 2.15. The van der Waals surface area contributed by atoms with Crippen molar-refractivity contribution in [2.24, 2.45) is 0 Å². The maximum absolute atomic E-state index is 11.8. The SMILES string of the molecule is CCCC(NC(=O)CCCCCO)NC(=O)CCCCCO. The molecule has 4 N–H and O–H groups in total. The number of carbonyl (C=O) groups is 2. The van der Waals surface area contributed by atoms with Crippen LogP contribution in [-0.2, 0) is 9.59 Å². The molecule has 0 aromatic carbocycles. The number of amides is 2. The van der Waals surface area contributed by atoms with Crippen molar-refractivity contribution < 1.29 is 19.8 Å². The Balaban J connectivity index is 3.97. The van der Waals surface area contributed by atoms with E-state index in [1.165, 1.54) is 0 Å². The van der Waals surface area contributed by atoms with Crippen LogP contribution in [0, 0.1) is 0 Å². The van der Waals surface area contributed by atoms with Crippen LogP contribution in [0.2, 0.25) is 0 Å². The van der Waals surface area contributed by atoms with Crippen LogP contribution in [0.4, 0.5) is 0 Å². The summed E-state index contributed by atoms with van der Waals surface area (Å²) in [6.45, 7) is 2.33. The standard InChI is InChI=1S/C16H32N2O4/c1-2-9-14(17-15(21)10-5-3-7-12-19)18-16(22)11-6-4-8-13-20/h14,19-20H,2-13H2,1H3,(H,17,21)(H,18,22). The predicted octanol–water partition coefficient (Wildman–Crippen LogP) is 1.45. The Hall–Kier alpha value is -1.14. The lowest BCUT2D eigenvalue weighted by Crippen LogP contribution is -2.47. The van der Waals surface area contributed by atoms with E-state index in [1.54, 1.807) is 0 Å². The maximum Gasteiger partial charge on any atom is 0.221 e. The van der Waals surface area contributed by atoms with Gasteiger partial charge in [-0.15, -0.1) is 0 Å². The van der Waals surface area contributed by atoms with Crippen LogP contribution in [-0.4, -0.2) is 41.4 Å². The average molecular weight is 316 g/mol. The molecule has 0 spiro atoms. The number of nitrogens with one attached hydrogen (secondary N) is 2. The number of aliphatic hydroxyl groups is 2. The van der Waals surface area contributed by atoms with E-state index < -0.39 is 0 Å². The Kier molecular flexibility index (Phi) is 14.0. The molecule has 0 bridgehead atoms. The predicted molar refractivity (Wildman–Crippen MR) is 86.1 cm³/mol. The lowest BCUT2D eigenvalue weighted by atomic mass is 10.1. The molecule has 0 aliphatic rings. The largest absolute Gasteiger partial charge is 0.396 e. The number of rotatable bonds is 14. The molecule has 6 heteroatoms. The first kappa shape index (κ1) is 20.9. The van der Waals surface area contributed by atoms with Gasteiger partial charge in [0.15, 0.2) is 0 Å². The molecule has 0 radical (unpaired) electrons. The van der Waals surface area contributed by atoms with Crippen LogP contribution >= 0.6 is 0 Å². The molecule has 0 rings (SSSR count). The van der Waals surface area contributed by atoms with Crippen LogP contribution in [0.5, 0.6) is 0 Å². The van der Waals surface area contributed by atoms with E-state index >= 15 is 0 Å². The van der Waals surface area contributed by atoms with E-state index in [-0.39, 0.29) is 31.2 Å². The van der Waals surface area contributed by atoms with Gasteiger partial charge in [0, 0.05) is 26.1 Å². The summed E-state index contributed by atoms with van der Waals surface area (Å²) in [5.41, 5.74) is 0. The van der Waals surface area contributed by atoms with Gasteiger partial charge < -0.3 is 20.8 Å². The molecule has 130 valence electrons. The zero-order chi connectivity index (χ0) is 16.6. The fraction of sp³-hybridized carbons (Fsp3) is 0.875. The fourth-order valence-electron chi connectivity index (χ4n) is 2.15. The summed E-state index contributed by atoms with van der Waals surface area (Å²) >= 11 is 0. The third-order valence-electron chi connectivity index (χ3n) is 3.37. The van der Waals surface area contributed by atoms with Gasteiger partial charge in [-0.2, -0.15) is 0 Å². The second kappa shape index (κ2) is 14.8. The van der Waals surface area contributed by atoms with E-state index in [4.69, 9.17) is 10.2 Å². The molecule has 22 heavy (non-hydrogen) atoms. The third-order valence-corrected chi connectivity index (χ3v) is 3.37. The van der Waals surface area contributed by atoms with Crippen molar-refractivity contribution in [2.75, 3.05) is 13.2 Å². The first-order valence-electron chi connectivity index (χ1n) is 8.44. The number of hydrogen-bond donors (Lipinski definition) is 4. The van der Waals surface area contributed by atoms with Crippen molar-refractivity contribution in [3.8, 4) is 0 Å². The van der Waals surface area contributed by atoms with Crippen molar-refractivity contribution in [3.63, 3.8) is 0 Å². The van der Waals surface area contributed by atoms with Gasteiger partial charge in [0.2, 0.25) is 11.8 Å². The summed E-state index contributed by atoms with van der Waals surface area (Å²) < 4.78 is 0. The first-order chi connectivity index (χ1) is 10.6. The van der Waals surface area contributed by atoms with Crippen molar-refractivity contribution in [1.29, 1.82) is 0 Å². The Labute approximate surface area is 133 Å². The lowest BCUT2D eigenvalue weighted by molar-refractivity contribution is -0.124. The number of unbranched alkanes of at least 4 members (excludes halogenated alkanes) is 4. The molecule has 2 amide bonds. The highest BCUT2D eigenvalue weighted by Gasteiger charge is 2.13. The van der Waals surface area contributed by atoms with Gasteiger partial charge in [0.1, 0.15) is 6.17 Å². The van der Waals surface area contributed by atoms with E-state index in [2.05, 4.69) is 10.6 Å². The second-order valence-corrected chi connectivity index (χ2v) is 5.54. The topological polar surface area (TPSA) is 98.7 Å². The zero-order valence-corrected chi connectivity index (χ0v) is 13.8. The van der Waals surface area contributed by atoms with Crippen molar-refractivity contribution in [1.82, 2.24) is 10.6 Å². The Morgan fingerprint density at radius 1 is 0.818 bits per heavy atom. The Morgan fingerprint density at radius 3 is 1.64 bits per heavy atom. The minimum Gasteiger partial charge on any atom is -0.396 e. The molecule has 0 heterocycles. The molecule has 0 atom stereocenters. The molecular formula is C16H32N2O4. The summed E-state index contributed by atoms with van der Waals surface area (Å²) in [6, 6.07) is 0. The van der Waals surface area contributed by atoms with E-state index in [1.807, 2.05) is 6.92 Å². The van der Waals surface area contributed by atoms with Crippen LogP contribution < -0.4 is 10.6 Å². The van der Waals surface area contributed by atoms with Gasteiger partial charge in [-0.3, -0.25) is 9.59 Å². The number of carbonyl (C=O) groups excluding carboxylic acids is 2. The van der Waals surface area contributed by atoms with Gasteiger partial charge in [-0.1, -0.05) is 26.2 Å². The normalized spacial score (nSPS) is 10.7. The van der Waals surface area contributed by atoms with Crippen molar-refractivity contribution in [2.45, 2.75) is 77.3 Å². The van der Waals surface area contributed by atoms with Crippen LogP contribution in [0.15, 0.2) is 0 Å². The molecular weight excluding hydrogens is 284 g/mol. The highest BCUT2D eigenvalue weighted by atomic mass is 16.3. The summed E-state index contributed by atoms with van der Waals surface area (Å²) in [5, 5.41) is 23.1. The van der Waals surface area contributed by atoms with Gasteiger partial charge in [0.25, 0.3) is 0 Å². The third kappa shape index (κ3) is 12.6. The molecule has 0 saturated carbocycles. The van der Waals surface area contributed by atoms with Gasteiger partial charge >= 0.3 is 0 Å². The summed E-state index contributed by atoms with van der Waals surface area (Å²) in [4.78, 5) is 23.6. The summed E-state index contributed by atoms with van der Waals surface area (Å²) in [6.07, 6.45) is 6.73. The van der Waals surface area contributed by atoms with Gasteiger partial charge in [-0.25, -0.2) is 0 Å². The van der Waals surface area contributed by atoms with Crippen molar-refractivity contribution >= 4 is 11.8 Å². The molecule has 6 nitrogen and oxygen atoms in total. The van der Waals surface area contributed by atoms with Crippen LogP contribution in [0.3, 0.4) is 0 Å². The highest BCUT2D eigenvalue weighted by molar-refractivity contribution is 5.79. The number of hydrogen-bond acceptors (Lipinski definition) is 4. The first-order valence-corrected chi connectivity index (χ1v) is 8.44. The minimum atomic E-state index is -0.305. The van der Waals surface area contributed by atoms with E-state index in [0.29, 0.717) is 19.3 Å². The quantitative estimate of drug-likeness (QED) is 0.288. The Morgan fingerprint density at radius 2 is 1.27 bits per heavy atom. The molecule has 0 aromatic rings. The molecule has 0 aliphatic carbocycles. The van der Waals surface area contributed by atoms with Crippen molar-refractivity contribution in [3.05, 3.63) is 0 Å². The van der Waals surface area contributed by atoms with Gasteiger partial charge in [-0.05, 0) is 32.1 Å². The minimum absolute atomic E-state index is 0.0584. The zero-order valence-electron chi connectivity index (χ0n) is 13.8. The molecule has 0 aliphatic heterocycles. The molecule has 0 fully saturated rings. The van der Waals surface area contributed by atoms with Crippen LogP contribution in [0.25, 0.3) is 0 Å². The van der Waals surface area contributed by atoms with E-state index in [0.717, 1.165) is 44.9 Å². The summed E-state index contributed by atoms with van der Waals surface area (Å²) in [5.74, 6) is -0.117. The van der Waals surface area contributed by atoms with Gasteiger partial charge in [0.05, 0.1) is 0 Å². The second-order valence-electron chi connectivity index (χ2n) is 5.54. The maximum atomic E-state index is 11.8. The van der Waals surface area contributed by atoms with E-state index in [9.17, 15) is 9.59 Å². The monoisotopic (exact) mass is 316 g/mol. The highest BCUT2D eigenvalue weighted by Crippen LogP contribution is 2.03. The summed E-state index contributed by atoms with van der Waals surface area (Å²) in [7, 11) is 0.